The van der Waals surface area contributed by atoms with Crippen molar-refractivity contribution in [3.05, 3.63) is 63.2 Å². The Bertz CT molecular complexity index is 804. The second kappa shape index (κ2) is 7.65. The van der Waals surface area contributed by atoms with Crippen molar-refractivity contribution in [1.82, 2.24) is 4.90 Å². The van der Waals surface area contributed by atoms with Gasteiger partial charge in [-0.05, 0) is 19.1 Å². The van der Waals surface area contributed by atoms with Crippen LogP contribution in [0.25, 0.3) is 0 Å². The second-order valence-electron chi connectivity index (χ2n) is 5.54. The zero-order chi connectivity index (χ0) is 18.6. The van der Waals surface area contributed by atoms with Crippen LogP contribution in [0.3, 0.4) is 0 Å². The van der Waals surface area contributed by atoms with Gasteiger partial charge in [0.15, 0.2) is 11.5 Å². The average molecular weight is 344 g/mol. The molecule has 0 radical (unpaired) electrons. The molecule has 0 unspecified atom stereocenters. The van der Waals surface area contributed by atoms with Crippen LogP contribution >= 0.6 is 0 Å². The number of hydrogen-bond donors (Lipinski definition) is 0. The molecule has 0 bridgehead atoms. The van der Waals surface area contributed by atoms with E-state index in [4.69, 9.17) is 9.47 Å². The summed E-state index contributed by atoms with van der Waals surface area (Å²) in [7, 11) is 4.65. The lowest BCUT2D eigenvalue weighted by Crippen LogP contribution is -2.27. The molecule has 0 aliphatic heterocycles. The molecule has 0 saturated carbocycles. The first-order valence-electron chi connectivity index (χ1n) is 7.60. The largest absolute Gasteiger partial charge is 0.493 e. The van der Waals surface area contributed by atoms with Crippen LogP contribution in [0, 0.1) is 17.0 Å². The van der Waals surface area contributed by atoms with Crippen LogP contribution in [0.1, 0.15) is 21.5 Å². The van der Waals surface area contributed by atoms with Crippen molar-refractivity contribution in [3.63, 3.8) is 0 Å². The Morgan fingerprint density at radius 2 is 1.84 bits per heavy atom. The van der Waals surface area contributed by atoms with Crippen molar-refractivity contribution in [2.75, 3.05) is 21.3 Å². The summed E-state index contributed by atoms with van der Waals surface area (Å²) >= 11 is 0. The number of nitro groups is 1. The smallest absolute Gasteiger partial charge is 0.285 e. The SMILES string of the molecule is COc1cccc(CN(C)C(=O)c2cccc(C)c2[N+](=O)[O-])c1OC. The van der Waals surface area contributed by atoms with Crippen molar-refractivity contribution < 1.29 is 19.2 Å². The number of methoxy groups -OCH3 is 2. The Kier molecular flexibility index (Phi) is 5.59. The fourth-order valence-electron chi connectivity index (χ4n) is 2.69. The normalized spacial score (nSPS) is 10.2. The minimum Gasteiger partial charge on any atom is -0.493 e. The summed E-state index contributed by atoms with van der Waals surface area (Å²) in [5.41, 5.74) is 1.09. The Labute approximate surface area is 145 Å². The van der Waals surface area contributed by atoms with E-state index < -0.39 is 10.8 Å². The molecule has 1 amide bonds. The number of rotatable bonds is 6. The van der Waals surface area contributed by atoms with Gasteiger partial charge in [-0.25, -0.2) is 0 Å². The lowest BCUT2D eigenvalue weighted by Gasteiger charge is -2.20. The maximum atomic E-state index is 12.7. The van der Waals surface area contributed by atoms with Crippen LogP contribution in [0.15, 0.2) is 36.4 Å². The summed E-state index contributed by atoms with van der Waals surface area (Å²) in [6.45, 7) is 1.84. The zero-order valence-corrected chi connectivity index (χ0v) is 14.6. The van der Waals surface area contributed by atoms with Gasteiger partial charge < -0.3 is 14.4 Å². The van der Waals surface area contributed by atoms with Gasteiger partial charge in [0.25, 0.3) is 11.6 Å². The molecule has 0 atom stereocenters. The van der Waals surface area contributed by atoms with Gasteiger partial charge in [-0.2, -0.15) is 0 Å². The second-order valence-corrected chi connectivity index (χ2v) is 5.54. The number of amides is 1. The van der Waals surface area contributed by atoms with E-state index in [-0.39, 0.29) is 17.8 Å². The molecule has 7 nitrogen and oxygen atoms in total. The van der Waals surface area contributed by atoms with Gasteiger partial charge in [-0.15, -0.1) is 0 Å². The number of aryl methyl sites for hydroxylation is 1. The van der Waals surface area contributed by atoms with Gasteiger partial charge in [0.2, 0.25) is 0 Å². The highest BCUT2D eigenvalue weighted by Gasteiger charge is 2.25. The molecule has 0 aromatic heterocycles. The van der Waals surface area contributed by atoms with Gasteiger partial charge in [0.05, 0.1) is 19.1 Å². The fourth-order valence-corrected chi connectivity index (χ4v) is 2.69. The van der Waals surface area contributed by atoms with Crippen LogP contribution in [0.2, 0.25) is 0 Å². The van der Waals surface area contributed by atoms with Gasteiger partial charge >= 0.3 is 0 Å². The molecule has 2 aromatic rings. The summed E-state index contributed by atoms with van der Waals surface area (Å²) < 4.78 is 10.6. The fraction of sp³-hybridized carbons (Fsp3) is 0.278. The Hall–Kier alpha value is -3.09. The van der Waals surface area contributed by atoms with E-state index in [2.05, 4.69) is 0 Å². The minimum absolute atomic E-state index is 0.0642. The molecule has 7 heteroatoms. The molecule has 132 valence electrons. The van der Waals surface area contributed by atoms with Crippen molar-refractivity contribution in [1.29, 1.82) is 0 Å². The number of ether oxygens (including phenoxy) is 2. The zero-order valence-electron chi connectivity index (χ0n) is 14.6. The van der Waals surface area contributed by atoms with Crippen LogP contribution in [0.4, 0.5) is 5.69 Å². The predicted octanol–water partition coefficient (Wildman–Crippen LogP) is 3.19. The van der Waals surface area contributed by atoms with E-state index in [0.717, 1.165) is 5.56 Å². The molecule has 0 aliphatic rings. The van der Waals surface area contributed by atoms with E-state index in [0.29, 0.717) is 17.1 Å². The number of para-hydroxylation sites is 2. The summed E-state index contributed by atoms with van der Waals surface area (Å²) in [4.78, 5) is 24.9. The lowest BCUT2D eigenvalue weighted by molar-refractivity contribution is -0.385. The van der Waals surface area contributed by atoms with Gasteiger partial charge in [0.1, 0.15) is 5.56 Å². The Morgan fingerprint density at radius 3 is 2.44 bits per heavy atom. The van der Waals surface area contributed by atoms with Gasteiger partial charge in [-0.3, -0.25) is 14.9 Å². The standard InChI is InChI=1S/C18H20N2O5/c1-12-7-5-9-14(16(12)20(22)23)18(21)19(2)11-13-8-6-10-15(24-3)17(13)25-4/h5-10H,11H2,1-4H3. The van der Waals surface area contributed by atoms with Crippen molar-refractivity contribution >= 4 is 11.6 Å². The van der Waals surface area contributed by atoms with E-state index in [1.807, 2.05) is 6.07 Å². The molecule has 0 heterocycles. The van der Waals surface area contributed by atoms with E-state index in [9.17, 15) is 14.9 Å². The maximum Gasteiger partial charge on any atom is 0.285 e. The Balaban J connectivity index is 2.34. The lowest BCUT2D eigenvalue weighted by atomic mass is 10.1. The van der Waals surface area contributed by atoms with Crippen molar-refractivity contribution in [3.8, 4) is 11.5 Å². The molecule has 2 rings (SSSR count). The van der Waals surface area contributed by atoms with Crippen molar-refractivity contribution in [2.45, 2.75) is 13.5 Å². The summed E-state index contributed by atoms with van der Waals surface area (Å²) in [5, 5.41) is 11.3. The molecular formula is C18H20N2O5. The minimum atomic E-state index is -0.525. The first kappa shape index (κ1) is 18.3. The summed E-state index contributed by atoms with van der Waals surface area (Å²) in [6, 6.07) is 10.1. The third-order valence-electron chi connectivity index (χ3n) is 3.89. The third-order valence-corrected chi connectivity index (χ3v) is 3.89. The third kappa shape index (κ3) is 3.71. The highest BCUT2D eigenvalue weighted by atomic mass is 16.6. The van der Waals surface area contributed by atoms with Gasteiger partial charge in [-0.1, -0.05) is 24.3 Å². The average Bonchev–Trinajstić information content (AvgIpc) is 2.60. The number of carbonyl (C=O) groups excluding carboxylic acids is 1. The van der Waals surface area contributed by atoms with Crippen LogP contribution in [0.5, 0.6) is 11.5 Å². The molecule has 0 spiro atoms. The highest BCUT2D eigenvalue weighted by Crippen LogP contribution is 2.32. The number of nitrogens with zero attached hydrogens (tertiary/aromatic N) is 2. The number of hydrogen-bond acceptors (Lipinski definition) is 5. The summed E-state index contributed by atoms with van der Waals surface area (Å²) in [5.74, 6) is 0.658. The maximum absolute atomic E-state index is 12.7. The van der Waals surface area contributed by atoms with E-state index in [1.165, 1.54) is 25.2 Å². The number of benzene rings is 2. The van der Waals surface area contributed by atoms with E-state index in [1.54, 1.807) is 38.2 Å². The predicted molar refractivity (Wildman–Crippen MR) is 93.2 cm³/mol. The van der Waals surface area contributed by atoms with E-state index >= 15 is 0 Å². The summed E-state index contributed by atoms with van der Waals surface area (Å²) in [6.07, 6.45) is 0. The molecule has 0 saturated heterocycles. The number of nitro benzene ring substituents is 1. The molecule has 0 aliphatic carbocycles. The van der Waals surface area contributed by atoms with Crippen LogP contribution in [-0.2, 0) is 6.54 Å². The van der Waals surface area contributed by atoms with Crippen molar-refractivity contribution in [2.24, 2.45) is 0 Å². The molecule has 2 aromatic carbocycles. The van der Waals surface area contributed by atoms with Crippen LogP contribution in [-0.4, -0.2) is 37.0 Å². The molecule has 0 N–H and O–H groups in total. The van der Waals surface area contributed by atoms with Gasteiger partial charge in [0, 0.05) is 24.7 Å². The topological polar surface area (TPSA) is 81.9 Å². The number of carbonyl (C=O) groups is 1. The quantitative estimate of drug-likeness (QED) is 0.594. The molecule has 25 heavy (non-hydrogen) atoms. The van der Waals surface area contributed by atoms with Crippen LogP contribution < -0.4 is 9.47 Å². The first-order chi connectivity index (χ1) is 11.9. The molecular weight excluding hydrogens is 324 g/mol. The first-order valence-corrected chi connectivity index (χ1v) is 7.60. The monoisotopic (exact) mass is 344 g/mol. The highest BCUT2D eigenvalue weighted by molar-refractivity contribution is 5.98. The molecule has 0 fully saturated rings. The Morgan fingerprint density at radius 1 is 1.16 bits per heavy atom.